The molecule has 1 unspecified atom stereocenters. The van der Waals surface area contributed by atoms with Crippen LogP contribution < -0.4 is 4.90 Å². The van der Waals surface area contributed by atoms with E-state index in [-0.39, 0.29) is 18.3 Å². The summed E-state index contributed by atoms with van der Waals surface area (Å²) in [5, 5.41) is 0. The molecule has 4 heteroatoms. The van der Waals surface area contributed by atoms with Crippen LogP contribution in [0.2, 0.25) is 0 Å². The van der Waals surface area contributed by atoms with Crippen molar-refractivity contribution in [3.8, 4) is 0 Å². The molecule has 0 radical (unpaired) electrons. The third-order valence-electron chi connectivity index (χ3n) is 5.31. The zero-order valence-electron chi connectivity index (χ0n) is 14.3. The zero-order chi connectivity index (χ0) is 15.5. The maximum atomic E-state index is 12.6. The van der Waals surface area contributed by atoms with Gasteiger partial charge in [0.1, 0.15) is 0 Å². The van der Waals surface area contributed by atoms with Gasteiger partial charge in [0.05, 0.1) is 0 Å². The van der Waals surface area contributed by atoms with Crippen LogP contribution >= 0.6 is 12.4 Å². The Balaban J connectivity index is 0.00000192. The molecule has 23 heavy (non-hydrogen) atoms. The Kier molecular flexibility index (Phi) is 6.49. The van der Waals surface area contributed by atoms with Crippen LogP contribution in [0.25, 0.3) is 0 Å². The quantitative estimate of drug-likeness (QED) is 0.802. The summed E-state index contributed by atoms with van der Waals surface area (Å²) in [7, 11) is 0. The van der Waals surface area contributed by atoms with Crippen molar-refractivity contribution in [3.05, 3.63) is 30.3 Å². The number of nitrogens with zero attached hydrogens (tertiary/aromatic N) is 2. The molecule has 1 amide bonds. The Hall–Kier alpha value is -1.06. The van der Waals surface area contributed by atoms with Crippen molar-refractivity contribution in [1.29, 1.82) is 0 Å². The first kappa shape index (κ1) is 18.3. The molecular weight excluding hydrogens is 308 g/mol. The van der Waals surface area contributed by atoms with Crippen LogP contribution in [0.1, 0.15) is 52.4 Å². The number of rotatable bonds is 5. The summed E-state index contributed by atoms with van der Waals surface area (Å²) in [4.78, 5) is 17.4. The standard InChI is InChI=1S/C19H28N2O.ClH/c1-3-12-20-16-10-11-17(20)14-18(13-16)21(19(22)4-2)15-8-6-5-7-9-15;/h5-9,16-18H,3-4,10-14H2,1-2H3;1H/t16-,17+,18?;. The number of piperidine rings is 1. The number of para-hydroxylation sites is 1. The molecule has 3 atom stereocenters. The molecule has 0 saturated carbocycles. The number of halogens is 1. The minimum Gasteiger partial charge on any atom is -0.309 e. The molecule has 2 saturated heterocycles. The smallest absolute Gasteiger partial charge is 0.226 e. The molecule has 3 rings (SSSR count). The second-order valence-corrected chi connectivity index (χ2v) is 6.70. The van der Waals surface area contributed by atoms with Crippen LogP contribution in [0.3, 0.4) is 0 Å². The highest BCUT2D eigenvalue weighted by molar-refractivity contribution is 5.93. The molecule has 0 aliphatic carbocycles. The highest BCUT2D eigenvalue weighted by atomic mass is 35.5. The molecule has 0 aromatic heterocycles. The van der Waals surface area contributed by atoms with Crippen molar-refractivity contribution in [3.63, 3.8) is 0 Å². The fourth-order valence-corrected chi connectivity index (χ4v) is 4.40. The predicted molar refractivity (Wildman–Crippen MR) is 98.3 cm³/mol. The molecule has 2 bridgehead atoms. The minimum absolute atomic E-state index is 0. The lowest BCUT2D eigenvalue weighted by atomic mass is 9.94. The van der Waals surface area contributed by atoms with Crippen LogP contribution in [-0.2, 0) is 4.79 Å². The van der Waals surface area contributed by atoms with E-state index in [4.69, 9.17) is 0 Å². The van der Waals surface area contributed by atoms with Gasteiger partial charge in [0.15, 0.2) is 0 Å². The van der Waals surface area contributed by atoms with Crippen LogP contribution in [-0.4, -0.2) is 35.5 Å². The lowest BCUT2D eigenvalue weighted by Crippen LogP contribution is -2.52. The van der Waals surface area contributed by atoms with Crippen molar-refractivity contribution in [2.24, 2.45) is 0 Å². The second-order valence-electron chi connectivity index (χ2n) is 6.70. The Bertz CT molecular complexity index is 493. The number of amides is 1. The van der Waals surface area contributed by atoms with Gasteiger partial charge in [-0.25, -0.2) is 0 Å². The maximum absolute atomic E-state index is 12.6. The predicted octanol–water partition coefficient (Wildman–Crippen LogP) is 4.26. The lowest BCUT2D eigenvalue weighted by Gasteiger charge is -2.43. The maximum Gasteiger partial charge on any atom is 0.226 e. The average molecular weight is 337 g/mol. The molecule has 0 spiro atoms. The van der Waals surface area contributed by atoms with Crippen LogP contribution in [0.15, 0.2) is 30.3 Å². The van der Waals surface area contributed by atoms with Gasteiger partial charge in [-0.15, -0.1) is 12.4 Å². The molecule has 2 aliphatic heterocycles. The first-order valence-electron chi connectivity index (χ1n) is 8.87. The summed E-state index contributed by atoms with van der Waals surface area (Å²) in [5.41, 5.74) is 1.07. The van der Waals surface area contributed by atoms with E-state index in [1.807, 2.05) is 25.1 Å². The second kappa shape index (κ2) is 8.16. The number of carbonyl (C=O) groups is 1. The number of anilines is 1. The number of carbonyl (C=O) groups excluding carboxylic acids is 1. The summed E-state index contributed by atoms with van der Waals surface area (Å²) in [6.45, 7) is 5.45. The zero-order valence-corrected chi connectivity index (χ0v) is 15.1. The molecule has 2 fully saturated rings. The minimum atomic E-state index is 0. The molecule has 128 valence electrons. The van der Waals surface area contributed by atoms with Crippen molar-refractivity contribution >= 4 is 24.0 Å². The molecule has 2 aliphatic rings. The highest BCUT2D eigenvalue weighted by Crippen LogP contribution is 2.39. The molecular formula is C19H29ClN2O. The van der Waals surface area contributed by atoms with Crippen LogP contribution in [0.5, 0.6) is 0 Å². The Morgan fingerprint density at radius 3 is 2.26 bits per heavy atom. The van der Waals surface area contributed by atoms with Crippen LogP contribution in [0, 0.1) is 0 Å². The van der Waals surface area contributed by atoms with Gasteiger partial charge in [0.25, 0.3) is 0 Å². The summed E-state index contributed by atoms with van der Waals surface area (Å²) in [6, 6.07) is 12.0. The third-order valence-corrected chi connectivity index (χ3v) is 5.31. The Labute approximate surface area is 146 Å². The summed E-state index contributed by atoms with van der Waals surface area (Å²) in [5.74, 6) is 0.263. The lowest BCUT2D eigenvalue weighted by molar-refractivity contribution is -0.119. The number of hydrogen-bond donors (Lipinski definition) is 0. The van der Waals surface area contributed by atoms with E-state index in [1.54, 1.807) is 0 Å². The fraction of sp³-hybridized carbons (Fsp3) is 0.632. The van der Waals surface area contributed by atoms with E-state index in [0.717, 1.165) is 18.5 Å². The van der Waals surface area contributed by atoms with Crippen molar-refractivity contribution in [1.82, 2.24) is 4.90 Å². The summed E-state index contributed by atoms with van der Waals surface area (Å²) >= 11 is 0. The molecule has 0 N–H and O–H groups in total. The molecule has 3 nitrogen and oxygen atoms in total. The van der Waals surface area contributed by atoms with Crippen molar-refractivity contribution in [2.75, 3.05) is 11.4 Å². The van der Waals surface area contributed by atoms with Gasteiger partial charge in [-0.3, -0.25) is 9.69 Å². The molecule has 2 heterocycles. The van der Waals surface area contributed by atoms with Gasteiger partial charge in [0.2, 0.25) is 5.91 Å². The van der Waals surface area contributed by atoms with E-state index in [9.17, 15) is 4.79 Å². The monoisotopic (exact) mass is 336 g/mol. The normalized spacial score (nSPS) is 26.6. The summed E-state index contributed by atoms with van der Waals surface area (Å²) < 4.78 is 0. The van der Waals surface area contributed by atoms with E-state index in [2.05, 4.69) is 28.9 Å². The first-order valence-corrected chi connectivity index (χ1v) is 8.87. The topological polar surface area (TPSA) is 23.6 Å². The van der Waals surface area contributed by atoms with Gasteiger partial charge in [0, 0.05) is 30.2 Å². The van der Waals surface area contributed by atoms with E-state index in [0.29, 0.717) is 24.5 Å². The Morgan fingerprint density at radius 2 is 1.74 bits per heavy atom. The largest absolute Gasteiger partial charge is 0.309 e. The van der Waals surface area contributed by atoms with Gasteiger partial charge in [-0.2, -0.15) is 0 Å². The highest BCUT2D eigenvalue weighted by Gasteiger charge is 2.42. The first-order chi connectivity index (χ1) is 10.7. The van der Waals surface area contributed by atoms with Crippen LogP contribution in [0.4, 0.5) is 5.69 Å². The van der Waals surface area contributed by atoms with E-state index in [1.165, 1.54) is 25.8 Å². The van der Waals surface area contributed by atoms with Gasteiger partial charge >= 0.3 is 0 Å². The third kappa shape index (κ3) is 3.72. The van der Waals surface area contributed by atoms with Gasteiger partial charge in [-0.1, -0.05) is 32.0 Å². The number of fused-ring (bicyclic) bond motifs is 2. The van der Waals surface area contributed by atoms with Crippen molar-refractivity contribution in [2.45, 2.75) is 70.5 Å². The van der Waals surface area contributed by atoms with E-state index < -0.39 is 0 Å². The Morgan fingerprint density at radius 1 is 1.13 bits per heavy atom. The summed E-state index contributed by atoms with van der Waals surface area (Å²) in [6.07, 6.45) is 6.70. The SMILES string of the molecule is CCCN1[C@@H]2CC[C@H]1CC(N(C(=O)CC)c1ccccc1)C2.Cl. The van der Waals surface area contributed by atoms with Gasteiger partial charge in [-0.05, 0) is 50.8 Å². The average Bonchev–Trinajstić information content (AvgIpc) is 2.79. The number of hydrogen-bond acceptors (Lipinski definition) is 2. The van der Waals surface area contributed by atoms with E-state index >= 15 is 0 Å². The molecule has 1 aromatic carbocycles. The van der Waals surface area contributed by atoms with Gasteiger partial charge < -0.3 is 4.90 Å². The molecule has 1 aromatic rings. The fourth-order valence-electron chi connectivity index (χ4n) is 4.40. The van der Waals surface area contributed by atoms with Crippen molar-refractivity contribution < 1.29 is 4.79 Å². The number of benzene rings is 1.